The van der Waals surface area contributed by atoms with Gasteiger partial charge in [-0.1, -0.05) is 18.2 Å². The summed E-state index contributed by atoms with van der Waals surface area (Å²) >= 11 is 0. The summed E-state index contributed by atoms with van der Waals surface area (Å²) < 4.78 is 12.9. The van der Waals surface area contributed by atoms with E-state index in [2.05, 4.69) is 0 Å². The summed E-state index contributed by atoms with van der Waals surface area (Å²) in [6.07, 6.45) is -1.23. The van der Waals surface area contributed by atoms with Crippen molar-refractivity contribution in [3.05, 3.63) is 75.1 Å². The lowest BCUT2D eigenvalue weighted by molar-refractivity contribution is -0.385. The monoisotopic (exact) mass is 330 g/mol. The molecule has 1 N–H and O–H groups in total. The summed E-state index contributed by atoms with van der Waals surface area (Å²) in [6, 6.07) is 8.75. The first kappa shape index (κ1) is 15.8. The highest BCUT2D eigenvalue weighted by molar-refractivity contribution is 6.23. The van der Waals surface area contributed by atoms with Gasteiger partial charge in [0.05, 0.1) is 23.1 Å². The van der Waals surface area contributed by atoms with Crippen molar-refractivity contribution in [3.63, 3.8) is 0 Å². The molecule has 0 aromatic heterocycles. The van der Waals surface area contributed by atoms with Crippen molar-refractivity contribution in [1.29, 1.82) is 0 Å². The molecule has 0 saturated heterocycles. The van der Waals surface area contributed by atoms with Crippen LogP contribution in [-0.2, 0) is 0 Å². The highest BCUT2D eigenvalue weighted by Gasteiger charge is 2.41. The van der Waals surface area contributed by atoms with Gasteiger partial charge in [-0.25, -0.2) is 4.39 Å². The van der Waals surface area contributed by atoms with Crippen LogP contribution in [0.5, 0.6) is 0 Å². The second-order valence-corrected chi connectivity index (χ2v) is 5.25. The van der Waals surface area contributed by atoms with Crippen molar-refractivity contribution >= 4 is 17.5 Å². The Hall–Kier alpha value is -3.13. The zero-order valence-electron chi connectivity index (χ0n) is 12.2. The first-order chi connectivity index (χ1) is 11.4. The number of nitro benzene ring substituents is 1. The molecule has 8 heteroatoms. The lowest BCUT2D eigenvalue weighted by atomic mass is 10.1. The summed E-state index contributed by atoms with van der Waals surface area (Å²) in [5.74, 6) is -2.02. The molecule has 0 spiro atoms. The Kier molecular flexibility index (Phi) is 3.82. The van der Waals surface area contributed by atoms with Gasteiger partial charge in [-0.05, 0) is 23.8 Å². The molecule has 1 heterocycles. The van der Waals surface area contributed by atoms with Gasteiger partial charge in [-0.15, -0.1) is 0 Å². The fourth-order valence-electron chi connectivity index (χ4n) is 2.60. The molecule has 24 heavy (non-hydrogen) atoms. The third kappa shape index (κ3) is 2.52. The SMILES string of the molecule is O=C1c2cccc([N+](=O)[O-])c2C(=O)N1CC(O)c1ccc(F)cc1. The van der Waals surface area contributed by atoms with Crippen molar-refractivity contribution in [1.82, 2.24) is 4.90 Å². The highest BCUT2D eigenvalue weighted by Crippen LogP contribution is 2.31. The molecule has 0 saturated carbocycles. The lowest BCUT2D eigenvalue weighted by Gasteiger charge is -2.18. The average Bonchev–Trinajstić information content (AvgIpc) is 2.80. The van der Waals surface area contributed by atoms with Crippen LogP contribution >= 0.6 is 0 Å². The van der Waals surface area contributed by atoms with Gasteiger partial charge < -0.3 is 5.11 Å². The molecular formula is C16H11FN2O5. The van der Waals surface area contributed by atoms with E-state index in [1.807, 2.05) is 0 Å². The third-order valence-electron chi connectivity index (χ3n) is 3.78. The molecule has 1 atom stereocenters. The first-order valence-corrected chi connectivity index (χ1v) is 6.97. The van der Waals surface area contributed by atoms with Gasteiger partial charge in [0.15, 0.2) is 0 Å². The number of halogens is 1. The maximum absolute atomic E-state index is 12.9. The zero-order valence-corrected chi connectivity index (χ0v) is 12.2. The van der Waals surface area contributed by atoms with Crippen LogP contribution in [0.4, 0.5) is 10.1 Å². The van der Waals surface area contributed by atoms with Gasteiger partial charge in [0, 0.05) is 6.07 Å². The number of nitrogens with zero attached hydrogens (tertiary/aromatic N) is 2. The number of nitro groups is 1. The van der Waals surface area contributed by atoms with Gasteiger partial charge in [0.2, 0.25) is 0 Å². The van der Waals surface area contributed by atoms with Crippen LogP contribution in [0.1, 0.15) is 32.4 Å². The zero-order chi connectivity index (χ0) is 17.4. The van der Waals surface area contributed by atoms with E-state index in [1.165, 1.54) is 24.3 Å². The van der Waals surface area contributed by atoms with Crippen molar-refractivity contribution in [2.24, 2.45) is 0 Å². The molecule has 0 fully saturated rings. The van der Waals surface area contributed by atoms with Crippen molar-refractivity contribution in [2.75, 3.05) is 6.54 Å². The van der Waals surface area contributed by atoms with Crippen molar-refractivity contribution in [2.45, 2.75) is 6.10 Å². The first-order valence-electron chi connectivity index (χ1n) is 6.97. The van der Waals surface area contributed by atoms with Crippen LogP contribution in [0.15, 0.2) is 42.5 Å². The molecule has 1 aliphatic rings. The fourth-order valence-corrected chi connectivity index (χ4v) is 2.60. The van der Waals surface area contributed by atoms with E-state index in [-0.39, 0.29) is 17.7 Å². The van der Waals surface area contributed by atoms with E-state index in [0.717, 1.165) is 23.1 Å². The molecule has 0 bridgehead atoms. The predicted octanol–water partition coefficient (Wildman–Crippen LogP) is 2.06. The largest absolute Gasteiger partial charge is 0.387 e. The number of hydrogen-bond acceptors (Lipinski definition) is 5. The lowest BCUT2D eigenvalue weighted by Crippen LogP contribution is -2.34. The maximum Gasteiger partial charge on any atom is 0.282 e. The number of fused-ring (bicyclic) bond motifs is 1. The van der Waals surface area contributed by atoms with E-state index < -0.39 is 34.3 Å². The fraction of sp³-hybridized carbons (Fsp3) is 0.125. The summed E-state index contributed by atoms with van der Waals surface area (Å²) in [4.78, 5) is 35.8. The quantitative estimate of drug-likeness (QED) is 0.525. The van der Waals surface area contributed by atoms with Crippen molar-refractivity contribution < 1.29 is 24.0 Å². The van der Waals surface area contributed by atoms with Gasteiger partial charge >= 0.3 is 0 Å². The molecule has 0 radical (unpaired) electrons. The number of aliphatic hydroxyl groups excluding tert-OH is 1. The Morgan fingerprint density at radius 3 is 2.42 bits per heavy atom. The van der Waals surface area contributed by atoms with Gasteiger partial charge in [-0.2, -0.15) is 0 Å². The molecule has 1 aliphatic heterocycles. The van der Waals surface area contributed by atoms with Crippen LogP contribution in [-0.4, -0.2) is 33.3 Å². The van der Waals surface area contributed by atoms with E-state index in [9.17, 15) is 29.2 Å². The second kappa shape index (κ2) is 5.82. The Morgan fingerprint density at radius 1 is 1.12 bits per heavy atom. The number of aliphatic hydroxyl groups is 1. The van der Waals surface area contributed by atoms with Crippen LogP contribution < -0.4 is 0 Å². The molecule has 122 valence electrons. The van der Waals surface area contributed by atoms with Crippen LogP contribution in [0.2, 0.25) is 0 Å². The molecular weight excluding hydrogens is 319 g/mol. The number of carbonyl (C=O) groups excluding carboxylic acids is 2. The third-order valence-corrected chi connectivity index (χ3v) is 3.78. The molecule has 3 rings (SSSR count). The topological polar surface area (TPSA) is 101 Å². The number of carbonyl (C=O) groups is 2. The summed E-state index contributed by atoms with van der Waals surface area (Å²) in [7, 11) is 0. The van der Waals surface area contributed by atoms with Gasteiger partial charge in [0.25, 0.3) is 17.5 Å². The Balaban J connectivity index is 1.90. The number of benzene rings is 2. The normalized spacial score (nSPS) is 14.7. The van der Waals surface area contributed by atoms with Crippen LogP contribution in [0.25, 0.3) is 0 Å². The van der Waals surface area contributed by atoms with E-state index in [4.69, 9.17) is 0 Å². The summed E-state index contributed by atoms with van der Waals surface area (Å²) in [5.41, 5.74) is -0.480. The van der Waals surface area contributed by atoms with Crippen LogP contribution in [0.3, 0.4) is 0 Å². The number of β-amino-alcohol motifs (C(OH)–C–C–N with tert-alkyl or cyclic N) is 1. The number of imide groups is 1. The second-order valence-electron chi connectivity index (χ2n) is 5.25. The maximum atomic E-state index is 12.9. The molecule has 2 aromatic carbocycles. The Morgan fingerprint density at radius 2 is 1.79 bits per heavy atom. The predicted molar refractivity (Wildman–Crippen MR) is 79.8 cm³/mol. The van der Waals surface area contributed by atoms with E-state index >= 15 is 0 Å². The minimum Gasteiger partial charge on any atom is -0.387 e. The van der Waals surface area contributed by atoms with Crippen LogP contribution in [0, 0.1) is 15.9 Å². The molecule has 0 aliphatic carbocycles. The Bertz CT molecular complexity index is 850. The average molecular weight is 330 g/mol. The molecule has 7 nitrogen and oxygen atoms in total. The molecule has 2 amide bonds. The molecule has 2 aromatic rings. The minimum atomic E-state index is -1.23. The summed E-state index contributed by atoms with van der Waals surface area (Å²) in [5, 5.41) is 21.2. The van der Waals surface area contributed by atoms with Gasteiger partial charge in [0.1, 0.15) is 11.4 Å². The van der Waals surface area contributed by atoms with E-state index in [1.54, 1.807) is 0 Å². The van der Waals surface area contributed by atoms with Gasteiger partial charge in [-0.3, -0.25) is 24.6 Å². The smallest absolute Gasteiger partial charge is 0.282 e. The standard InChI is InChI=1S/C16H11FN2O5/c17-10-6-4-9(5-7-10)13(20)8-18-15(21)11-2-1-3-12(19(23)24)14(11)16(18)22/h1-7,13,20H,8H2. The number of rotatable bonds is 4. The molecule has 1 unspecified atom stereocenters. The van der Waals surface area contributed by atoms with Crippen molar-refractivity contribution in [3.8, 4) is 0 Å². The number of hydrogen-bond donors (Lipinski definition) is 1. The Labute approximate surface area is 135 Å². The number of amides is 2. The summed E-state index contributed by atoms with van der Waals surface area (Å²) in [6.45, 7) is -0.380. The highest BCUT2D eigenvalue weighted by atomic mass is 19.1. The minimum absolute atomic E-state index is 0.0690. The van der Waals surface area contributed by atoms with E-state index in [0.29, 0.717) is 5.56 Å².